The molecule has 1 rings (SSSR count). The minimum absolute atomic E-state index is 0.0104. The number of rotatable bonds is 8. The normalized spacial score (nSPS) is 13.4. The Hall–Kier alpha value is -1.10. The summed E-state index contributed by atoms with van der Waals surface area (Å²) < 4.78 is 49.1. The highest BCUT2D eigenvalue weighted by atomic mass is 19.4. The molecule has 0 aliphatic heterocycles. The van der Waals surface area contributed by atoms with Gasteiger partial charge in [-0.05, 0) is 37.1 Å². The number of nitrogens with one attached hydrogen (secondary N) is 1. The van der Waals surface area contributed by atoms with Crippen molar-refractivity contribution >= 4 is 0 Å². The molecule has 0 saturated heterocycles. The summed E-state index contributed by atoms with van der Waals surface area (Å²) in [6.45, 7) is 2.37. The third-order valence-corrected chi connectivity index (χ3v) is 3.15. The van der Waals surface area contributed by atoms with Crippen LogP contribution < -0.4 is 5.32 Å². The van der Waals surface area contributed by atoms with Gasteiger partial charge in [-0.1, -0.05) is 31.9 Å². The summed E-state index contributed by atoms with van der Waals surface area (Å²) in [4.78, 5) is 0. The molecule has 5 heteroatoms. The molecule has 0 heterocycles. The van der Waals surface area contributed by atoms with Gasteiger partial charge in [-0.25, -0.2) is 4.39 Å². The highest BCUT2D eigenvalue weighted by Crippen LogP contribution is 2.23. The molecule has 0 saturated carbocycles. The molecule has 1 atom stereocenters. The van der Waals surface area contributed by atoms with Crippen LogP contribution in [0.15, 0.2) is 24.3 Å². The second-order valence-electron chi connectivity index (χ2n) is 4.92. The highest BCUT2D eigenvalue weighted by Gasteiger charge is 2.26. The van der Waals surface area contributed by atoms with Gasteiger partial charge in [-0.15, -0.1) is 0 Å². The van der Waals surface area contributed by atoms with Crippen LogP contribution in [0.4, 0.5) is 17.6 Å². The lowest BCUT2D eigenvalue weighted by atomic mass is 10.0. The van der Waals surface area contributed by atoms with Gasteiger partial charge in [0.15, 0.2) is 0 Å². The third-order valence-electron chi connectivity index (χ3n) is 3.15. The van der Waals surface area contributed by atoms with Crippen molar-refractivity contribution in [3.05, 3.63) is 35.6 Å². The molecule has 1 N–H and O–H groups in total. The van der Waals surface area contributed by atoms with E-state index in [1.165, 1.54) is 12.1 Å². The van der Waals surface area contributed by atoms with Gasteiger partial charge < -0.3 is 5.32 Å². The molecule has 0 aliphatic carbocycles. The topological polar surface area (TPSA) is 12.0 Å². The fraction of sp³-hybridized carbons (Fsp3) is 0.600. The molecule has 0 aromatic heterocycles. The van der Waals surface area contributed by atoms with Gasteiger partial charge in [-0.3, -0.25) is 0 Å². The summed E-state index contributed by atoms with van der Waals surface area (Å²) in [5, 5.41) is 3.14. The summed E-state index contributed by atoms with van der Waals surface area (Å²) in [5.74, 6) is -0.305. The molecule has 1 unspecified atom stereocenters. The summed E-state index contributed by atoms with van der Waals surface area (Å²) in [5.41, 5.74) is 0.923. The van der Waals surface area contributed by atoms with Crippen LogP contribution in [0.3, 0.4) is 0 Å². The van der Waals surface area contributed by atoms with E-state index >= 15 is 0 Å². The molecule has 0 spiro atoms. The minimum Gasteiger partial charge on any atom is -0.310 e. The summed E-state index contributed by atoms with van der Waals surface area (Å²) in [6, 6.07) is 6.12. The molecule has 1 aromatic rings. The lowest BCUT2D eigenvalue weighted by molar-refractivity contribution is -0.135. The largest absolute Gasteiger partial charge is 0.389 e. The zero-order valence-electron chi connectivity index (χ0n) is 11.6. The first-order valence-corrected chi connectivity index (χ1v) is 6.98. The maximum Gasteiger partial charge on any atom is 0.389 e. The van der Waals surface area contributed by atoms with Gasteiger partial charge >= 0.3 is 6.18 Å². The molecule has 1 nitrogen and oxygen atoms in total. The number of alkyl halides is 3. The number of benzene rings is 1. The van der Waals surface area contributed by atoms with Gasteiger partial charge in [-0.2, -0.15) is 13.2 Å². The van der Waals surface area contributed by atoms with Crippen molar-refractivity contribution in [2.45, 2.75) is 51.2 Å². The van der Waals surface area contributed by atoms with E-state index in [1.54, 1.807) is 12.1 Å². The second-order valence-corrected chi connectivity index (χ2v) is 4.92. The molecule has 0 bridgehead atoms. The van der Waals surface area contributed by atoms with Crippen LogP contribution in [0.5, 0.6) is 0 Å². The van der Waals surface area contributed by atoms with Crippen molar-refractivity contribution in [1.82, 2.24) is 5.32 Å². The summed E-state index contributed by atoms with van der Waals surface area (Å²) >= 11 is 0. The maximum absolute atomic E-state index is 12.9. The summed E-state index contributed by atoms with van der Waals surface area (Å²) in [6.07, 6.45) is -1.97. The van der Waals surface area contributed by atoms with Gasteiger partial charge in [0.2, 0.25) is 0 Å². The molecule has 0 aliphatic rings. The molecular weight excluding hydrogens is 270 g/mol. The minimum atomic E-state index is -4.10. The van der Waals surface area contributed by atoms with E-state index in [0.29, 0.717) is 6.54 Å². The molecule has 0 amide bonds. The Kier molecular flexibility index (Phi) is 6.99. The standard InChI is InChI=1S/C15H21F4N/c1-2-3-5-14(12-6-8-13(16)9-7-12)20-11-4-10-15(17,18)19/h6-9,14,20H,2-5,10-11H2,1H3. The Morgan fingerprint density at radius 1 is 1.10 bits per heavy atom. The predicted octanol–water partition coefficient (Wildman–Crippen LogP) is 4.99. The first-order chi connectivity index (χ1) is 9.42. The van der Waals surface area contributed by atoms with E-state index in [1.807, 2.05) is 0 Å². The first-order valence-electron chi connectivity index (χ1n) is 6.98. The lowest BCUT2D eigenvalue weighted by Gasteiger charge is -2.19. The van der Waals surface area contributed by atoms with E-state index in [2.05, 4.69) is 12.2 Å². The Bertz CT molecular complexity index is 372. The number of hydrogen-bond acceptors (Lipinski definition) is 1. The first kappa shape index (κ1) is 17.0. The fourth-order valence-electron chi connectivity index (χ4n) is 2.06. The molecule has 114 valence electrons. The van der Waals surface area contributed by atoms with Gasteiger partial charge in [0.05, 0.1) is 0 Å². The lowest BCUT2D eigenvalue weighted by Crippen LogP contribution is -2.24. The SMILES string of the molecule is CCCCC(NCCCC(F)(F)F)c1ccc(F)cc1. The number of hydrogen-bond donors (Lipinski definition) is 1. The highest BCUT2D eigenvalue weighted by molar-refractivity contribution is 5.19. The van der Waals surface area contributed by atoms with Crippen molar-refractivity contribution < 1.29 is 17.6 Å². The Balaban J connectivity index is 2.49. The Labute approximate surface area is 117 Å². The zero-order valence-corrected chi connectivity index (χ0v) is 11.6. The fourth-order valence-corrected chi connectivity index (χ4v) is 2.06. The average Bonchev–Trinajstić information content (AvgIpc) is 2.38. The van der Waals surface area contributed by atoms with E-state index in [9.17, 15) is 17.6 Å². The Morgan fingerprint density at radius 3 is 2.30 bits per heavy atom. The summed E-state index contributed by atoms with van der Waals surface area (Å²) in [7, 11) is 0. The number of unbranched alkanes of at least 4 members (excludes halogenated alkanes) is 1. The van der Waals surface area contributed by atoms with Crippen LogP contribution in [0.1, 0.15) is 50.6 Å². The van der Waals surface area contributed by atoms with Crippen LogP contribution >= 0.6 is 0 Å². The van der Waals surface area contributed by atoms with Crippen molar-refractivity contribution in [3.63, 3.8) is 0 Å². The van der Waals surface area contributed by atoms with Crippen LogP contribution in [-0.4, -0.2) is 12.7 Å². The second kappa shape index (κ2) is 8.25. The van der Waals surface area contributed by atoms with Crippen molar-refractivity contribution in [2.24, 2.45) is 0 Å². The van der Waals surface area contributed by atoms with Gasteiger partial charge in [0.1, 0.15) is 5.82 Å². The van der Waals surface area contributed by atoms with Crippen LogP contribution in [0.25, 0.3) is 0 Å². The molecule has 20 heavy (non-hydrogen) atoms. The zero-order chi connectivity index (χ0) is 15.0. The van der Waals surface area contributed by atoms with E-state index < -0.39 is 12.6 Å². The predicted molar refractivity (Wildman–Crippen MR) is 72.0 cm³/mol. The molecule has 0 fully saturated rings. The van der Waals surface area contributed by atoms with E-state index in [-0.39, 0.29) is 18.3 Å². The third kappa shape index (κ3) is 6.89. The van der Waals surface area contributed by atoms with Crippen molar-refractivity contribution in [3.8, 4) is 0 Å². The van der Waals surface area contributed by atoms with Crippen LogP contribution in [0.2, 0.25) is 0 Å². The van der Waals surface area contributed by atoms with Crippen LogP contribution in [0, 0.1) is 5.82 Å². The average molecular weight is 291 g/mol. The van der Waals surface area contributed by atoms with Crippen LogP contribution in [-0.2, 0) is 0 Å². The quantitative estimate of drug-likeness (QED) is 0.525. The van der Waals surface area contributed by atoms with Gasteiger partial charge in [0.25, 0.3) is 0 Å². The smallest absolute Gasteiger partial charge is 0.310 e. The molecular formula is C15H21F4N. The van der Waals surface area contributed by atoms with E-state index in [4.69, 9.17) is 0 Å². The maximum atomic E-state index is 12.9. The van der Waals surface area contributed by atoms with E-state index in [0.717, 1.165) is 24.8 Å². The van der Waals surface area contributed by atoms with Crippen molar-refractivity contribution in [2.75, 3.05) is 6.54 Å². The monoisotopic (exact) mass is 291 g/mol. The Morgan fingerprint density at radius 2 is 1.75 bits per heavy atom. The molecule has 1 aromatic carbocycles. The van der Waals surface area contributed by atoms with Gasteiger partial charge in [0, 0.05) is 12.5 Å². The number of halogens is 4. The van der Waals surface area contributed by atoms with Crippen molar-refractivity contribution in [1.29, 1.82) is 0 Å². The molecule has 0 radical (unpaired) electrons.